The highest BCUT2D eigenvalue weighted by Crippen LogP contribution is 2.29. The zero-order chi connectivity index (χ0) is 18.6. The summed E-state index contributed by atoms with van der Waals surface area (Å²) in [6, 6.07) is 11.6. The van der Waals surface area contributed by atoms with Crippen molar-refractivity contribution in [1.29, 1.82) is 0 Å². The molecule has 2 aromatic heterocycles. The van der Waals surface area contributed by atoms with Gasteiger partial charge in [-0.3, -0.25) is 4.57 Å². The van der Waals surface area contributed by atoms with Crippen molar-refractivity contribution < 1.29 is 9.90 Å². The van der Waals surface area contributed by atoms with Crippen LogP contribution in [0.4, 0.5) is 4.79 Å². The van der Waals surface area contributed by atoms with E-state index in [1.165, 1.54) is 0 Å². The number of nitrogens with one attached hydrogen (secondary N) is 2. The second kappa shape index (κ2) is 7.75. The summed E-state index contributed by atoms with van der Waals surface area (Å²) < 4.78 is 1.94. The van der Waals surface area contributed by atoms with Gasteiger partial charge in [0.05, 0.1) is 17.1 Å². The summed E-state index contributed by atoms with van der Waals surface area (Å²) in [5.41, 5.74) is 2.87. The fraction of sp³-hybridized carbons (Fsp3) is 0.350. The van der Waals surface area contributed by atoms with E-state index in [0.29, 0.717) is 19.0 Å². The number of benzene rings is 1. The lowest BCUT2D eigenvalue weighted by molar-refractivity contribution is 0.0397. The Morgan fingerprint density at radius 3 is 2.78 bits per heavy atom. The summed E-state index contributed by atoms with van der Waals surface area (Å²) in [7, 11) is 0. The molecule has 0 saturated heterocycles. The van der Waals surface area contributed by atoms with Gasteiger partial charge in [-0.05, 0) is 48.9 Å². The molecule has 1 aromatic carbocycles. The molecule has 0 spiro atoms. The molecule has 1 saturated carbocycles. The lowest BCUT2D eigenvalue weighted by atomic mass is 9.80. The number of aliphatic hydroxyl groups is 1. The summed E-state index contributed by atoms with van der Waals surface area (Å²) in [5.74, 6) is 1.33. The van der Waals surface area contributed by atoms with Gasteiger partial charge in [-0.2, -0.15) is 0 Å². The molecule has 3 aromatic rings. The van der Waals surface area contributed by atoms with Crippen molar-refractivity contribution in [3.63, 3.8) is 0 Å². The molecule has 0 unspecified atom stereocenters. The number of rotatable bonds is 6. The van der Waals surface area contributed by atoms with E-state index in [9.17, 15) is 9.90 Å². The highest BCUT2D eigenvalue weighted by Gasteiger charge is 2.26. The average Bonchev–Trinajstić information content (AvgIpc) is 3.09. The third-order valence-corrected chi connectivity index (χ3v) is 5.01. The van der Waals surface area contributed by atoms with Gasteiger partial charge in [0.2, 0.25) is 0 Å². The first-order chi connectivity index (χ1) is 13.2. The maximum absolute atomic E-state index is 11.9. The fourth-order valence-corrected chi connectivity index (χ4v) is 3.38. The fourth-order valence-electron chi connectivity index (χ4n) is 3.38. The number of urea groups is 1. The second-order valence-corrected chi connectivity index (χ2v) is 7.02. The van der Waals surface area contributed by atoms with Crippen molar-refractivity contribution in [2.24, 2.45) is 5.92 Å². The first-order valence-corrected chi connectivity index (χ1v) is 9.26. The number of para-hydroxylation sites is 2. The summed E-state index contributed by atoms with van der Waals surface area (Å²) >= 11 is 0. The Balaban J connectivity index is 1.27. The van der Waals surface area contributed by atoms with Crippen LogP contribution in [-0.2, 0) is 6.54 Å². The van der Waals surface area contributed by atoms with E-state index in [1.54, 1.807) is 12.5 Å². The Labute approximate surface area is 157 Å². The molecule has 1 aliphatic rings. The number of aliphatic hydroxyl groups excluding tert-OH is 1. The van der Waals surface area contributed by atoms with Gasteiger partial charge in [0.25, 0.3) is 0 Å². The Morgan fingerprint density at radius 2 is 2.00 bits per heavy atom. The van der Waals surface area contributed by atoms with Gasteiger partial charge in [-0.15, -0.1) is 0 Å². The molecule has 0 atom stereocenters. The lowest BCUT2D eigenvalue weighted by Crippen LogP contribution is -2.38. The number of hydrogen-bond acceptors (Lipinski definition) is 4. The molecule has 27 heavy (non-hydrogen) atoms. The number of aromatic nitrogens is 3. The molecule has 2 amide bonds. The number of fused-ring (bicyclic) bond motifs is 1. The van der Waals surface area contributed by atoms with Crippen LogP contribution in [0.5, 0.6) is 0 Å². The zero-order valence-electron chi connectivity index (χ0n) is 15.0. The number of carbonyl (C=O) groups is 1. The van der Waals surface area contributed by atoms with Crippen LogP contribution in [0.15, 0.2) is 48.9 Å². The Morgan fingerprint density at radius 1 is 1.15 bits per heavy atom. The quantitative estimate of drug-likeness (QED) is 0.625. The van der Waals surface area contributed by atoms with Crippen molar-refractivity contribution in [3.05, 3.63) is 54.5 Å². The summed E-state index contributed by atoms with van der Waals surface area (Å²) in [6.07, 6.45) is 6.01. The topological polar surface area (TPSA) is 92.1 Å². The molecular formula is C20H23N5O2. The summed E-state index contributed by atoms with van der Waals surface area (Å²) in [5, 5.41) is 15.0. The van der Waals surface area contributed by atoms with Crippen LogP contribution >= 0.6 is 0 Å². The van der Waals surface area contributed by atoms with E-state index < -0.39 is 0 Å². The number of amides is 2. The minimum atomic E-state index is -0.181. The van der Waals surface area contributed by atoms with Gasteiger partial charge in [0, 0.05) is 19.3 Å². The van der Waals surface area contributed by atoms with Crippen molar-refractivity contribution >= 4 is 17.1 Å². The first-order valence-electron chi connectivity index (χ1n) is 9.26. The highest BCUT2D eigenvalue weighted by atomic mass is 16.3. The Bertz CT molecular complexity index is 916. The van der Waals surface area contributed by atoms with Gasteiger partial charge in [-0.1, -0.05) is 18.2 Å². The molecule has 0 aliphatic heterocycles. The van der Waals surface area contributed by atoms with Crippen LogP contribution in [0.25, 0.3) is 16.9 Å². The molecule has 140 valence electrons. The molecule has 4 rings (SSSR count). The molecule has 7 nitrogen and oxygen atoms in total. The zero-order valence-corrected chi connectivity index (χ0v) is 15.0. The molecule has 1 fully saturated rings. The van der Waals surface area contributed by atoms with E-state index in [0.717, 1.165) is 41.7 Å². The summed E-state index contributed by atoms with van der Waals surface area (Å²) in [4.78, 5) is 20.7. The molecule has 2 heterocycles. The van der Waals surface area contributed by atoms with Crippen LogP contribution in [0, 0.1) is 5.92 Å². The number of imidazole rings is 1. The van der Waals surface area contributed by atoms with Gasteiger partial charge < -0.3 is 15.7 Å². The predicted molar refractivity (Wildman–Crippen MR) is 102 cm³/mol. The van der Waals surface area contributed by atoms with Crippen molar-refractivity contribution in [3.8, 4) is 5.82 Å². The molecule has 7 heteroatoms. The largest absolute Gasteiger partial charge is 0.393 e. The van der Waals surface area contributed by atoms with Crippen LogP contribution < -0.4 is 10.6 Å². The minimum absolute atomic E-state index is 0.139. The molecule has 0 radical (unpaired) electrons. The van der Waals surface area contributed by atoms with Crippen molar-refractivity contribution in [1.82, 2.24) is 25.2 Å². The second-order valence-electron chi connectivity index (χ2n) is 7.02. The van der Waals surface area contributed by atoms with Crippen LogP contribution in [0.3, 0.4) is 0 Å². The van der Waals surface area contributed by atoms with Crippen LogP contribution in [0.2, 0.25) is 0 Å². The van der Waals surface area contributed by atoms with Gasteiger partial charge >= 0.3 is 6.03 Å². The maximum Gasteiger partial charge on any atom is 0.315 e. The number of pyridine rings is 1. The van der Waals surface area contributed by atoms with E-state index in [1.807, 2.05) is 41.0 Å². The molecular weight excluding hydrogens is 342 g/mol. The van der Waals surface area contributed by atoms with Crippen LogP contribution in [0.1, 0.15) is 24.8 Å². The molecule has 1 aliphatic carbocycles. The maximum atomic E-state index is 11.9. The number of hydrogen-bond donors (Lipinski definition) is 3. The number of nitrogens with zero attached hydrogens (tertiary/aromatic N) is 3. The predicted octanol–water partition coefficient (Wildman–Crippen LogP) is 2.38. The monoisotopic (exact) mass is 365 g/mol. The van der Waals surface area contributed by atoms with Crippen LogP contribution in [-0.4, -0.2) is 38.3 Å². The Kier molecular flexibility index (Phi) is 5.02. The normalized spacial score (nSPS) is 18.9. The van der Waals surface area contributed by atoms with Crippen molar-refractivity contribution in [2.75, 3.05) is 6.54 Å². The smallest absolute Gasteiger partial charge is 0.315 e. The molecule has 3 N–H and O–H groups in total. The Hall–Kier alpha value is -2.93. The van der Waals surface area contributed by atoms with Gasteiger partial charge in [-0.25, -0.2) is 14.8 Å². The van der Waals surface area contributed by atoms with Gasteiger partial charge in [0.15, 0.2) is 0 Å². The SMILES string of the molecule is O=C(NCCC1CC(O)C1)NCc1ccc(-n2cnc3ccccc32)nc1. The highest BCUT2D eigenvalue weighted by molar-refractivity contribution is 5.76. The third kappa shape index (κ3) is 4.09. The van der Waals surface area contributed by atoms with E-state index in [4.69, 9.17) is 0 Å². The van der Waals surface area contributed by atoms with E-state index >= 15 is 0 Å². The molecule has 0 bridgehead atoms. The number of carbonyl (C=O) groups excluding carboxylic acids is 1. The minimum Gasteiger partial charge on any atom is -0.393 e. The van der Waals surface area contributed by atoms with E-state index in [-0.39, 0.29) is 12.1 Å². The first kappa shape index (κ1) is 17.5. The van der Waals surface area contributed by atoms with Crippen molar-refractivity contribution in [2.45, 2.75) is 31.9 Å². The van der Waals surface area contributed by atoms with E-state index in [2.05, 4.69) is 20.6 Å². The third-order valence-electron chi connectivity index (χ3n) is 5.01. The average molecular weight is 365 g/mol. The summed E-state index contributed by atoms with van der Waals surface area (Å²) in [6.45, 7) is 1.06. The lowest BCUT2D eigenvalue weighted by Gasteiger charge is -2.31. The van der Waals surface area contributed by atoms with Gasteiger partial charge in [0.1, 0.15) is 12.1 Å². The standard InChI is InChI=1S/C20H23N5O2/c26-16-9-14(10-16)7-8-21-20(27)23-12-15-5-6-19(22-11-15)25-13-24-17-3-1-2-4-18(17)25/h1-6,11,13-14,16,26H,7-10,12H2,(H2,21,23,27).